The zero-order valence-electron chi connectivity index (χ0n) is 6.06. The normalized spacial score (nSPS) is 11.0. The highest BCUT2D eigenvalue weighted by Crippen LogP contribution is 2.29. The fraction of sp³-hybridized carbons (Fsp3) is 0.143. The van der Waals surface area contributed by atoms with Crippen LogP contribution in [-0.2, 0) is 6.18 Å². The van der Waals surface area contributed by atoms with Crippen molar-refractivity contribution in [3.63, 3.8) is 0 Å². The first-order valence-electron chi connectivity index (χ1n) is 3.08. The Morgan fingerprint density at radius 1 is 1.46 bits per heavy atom. The minimum absolute atomic E-state index is 0.0769. The minimum Gasteiger partial charge on any atom is -0.250 e. The first-order chi connectivity index (χ1) is 5.95. The Kier molecular flexibility index (Phi) is 2.57. The van der Waals surface area contributed by atoms with Gasteiger partial charge in [-0.1, -0.05) is 0 Å². The lowest BCUT2D eigenvalue weighted by Gasteiger charge is -2.05. The van der Waals surface area contributed by atoms with E-state index in [0.717, 1.165) is 12.3 Å². The summed E-state index contributed by atoms with van der Waals surface area (Å²) in [5, 5.41) is 8.41. The summed E-state index contributed by atoms with van der Waals surface area (Å²) in [6.45, 7) is 0. The monoisotopic (exact) mass is 250 g/mol. The van der Waals surface area contributed by atoms with Gasteiger partial charge in [0.25, 0.3) is 0 Å². The molecule has 2 nitrogen and oxygen atoms in total. The molecule has 0 spiro atoms. The number of rotatable bonds is 0. The molecule has 0 radical (unpaired) electrons. The molecule has 1 aromatic rings. The maximum absolute atomic E-state index is 12.0. The predicted octanol–water partition coefficient (Wildman–Crippen LogP) is 2.73. The Morgan fingerprint density at radius 2 is 2.08 bits per heavy atom. The second-order valence-electron chi connectivity index (χ2n) is 2.16. The summed E-state index contributed by atoms with van der Waals surface area (Å²) in [4.78, 5) is 3.10. The van der Waals surface area contributed by atoms with Crippen molar-refractivity contribution in [1.29, 1.82) is 5.26 Å². The van der Waals surface area contributed by atoms with Gasteiger partial charge in [-0.05, 0) is 22.0 Å². The Balaban J connectivity index is 3.20. The predicted molar refractivity (Wildman–Crippen MR) is 41.7 cm³/mol. The summed E-state index contributed by atoms with van der Waals surface area (Å²) in [6, 6.07) is 2.47. The van der Waals surface area contributed by atoms with Crippen LogP contribution in [0.15, 0.2) is 16.7 Å². The summed E-state index contributed by atoms with van der Waals surface area (Å²) >= 11 is 2.84. The lowest BCUT2D eigenvalue weighted by molar-refractivity contribution is -0.141. The van der Waals surface area contributed by atoms with E-state index in [1.807, 2.05) is 0 Å². The van der Waals surface area contributed by atoms with Gasteiger partial charge >= 0.3 is 6.18 Å². The SMILES string of the molecule is N#Cc1cnc(C(F)(F)F)cc1Br. The van der Waals surface area contributed by atoms with Gasteiger partial charge in [0.05, 0.1) is 5.56 Å². The van der Waals surface area contributed by atoms with Gasteiger partial charge in [0.15, 0.2) is 0 Å². The molecule has 0 aliphatic rings. The molecule has 1 aromatic heterocycles. The molecule has 0 fully saturated rings. The molecule has 1 rings (SSSR count). The fourth-order valence-electron chi connectivity index (χ4n) is 0.668. The van der Waals surface area contributed by atoms with Crippen LogP contribution in [-0.4, -0.2) is 4.98 Å². The van der Waals surface area contributed by atoms with Gasteiger partial charge < -0.3 is 0 Å². The summed E-state index contributed by atoms with van der Waals surface area (Å²) in [6.07, 6.45) is -3.59. The standard InChI is InChI=1S/C7H2BrF3N2/c8-5-1-6(7(9,10)11)13-3-4(5)2-12/h1,3H. The number of nitrogens with zero attached hydrogens (tertiary/aromatic N) is 2. The second kappa shape index (κ2) is 3.34. The maximum Gasteiger partial charge on any atom is 0.433 e. The molecule has 68 valence electrons. The van der Waals surface area contributed by atoms with Crippen molar-refractivity contribution in [2.24, 2.45) is 0 Å². The van der Waals surface area contributed by atoms with Crippen molar-refractivity contribution in [2.45, 2.75) is 6.18 Å². The first-order valence-corrected chi connectivity index (χ1v) is 3.87. The fourth-order valence-corrected chi connectivity index (χ4v) is 1.08. The topological polar surface area (TPSA) is 36.7 Å². The smallest absolute Gasteiger partial charge is 0.250 e. The van der Waals surface area contributed by atoms with Gasteiger partial charge in [-0.15, -0.1) is 0 Å². The van der Waals surface area contributed by atoms with E-state index in [9.17, 15) is 13.2 Å². The molecule has 0 aliphatic heterocycles. The van der Waals surface area contributed by atoms with Gasteiger partial charge in [-0.25, -0.2) is 0 Å². The van der Waals surface area contributed by atoms with Crippen molar-refractivity contribution in [3.05, 3.63) is 28.0 Å². The van der Waals surface area contributed by atoms with Gasteiger partial charge in [0, 0.05) is 10.7 Å². The van der Waals surface area contributed by atoms with Crippen LogP contribution in [0.1, 0.15) is 11.3 Å². The summed E-state index contributed by atoms with van der Waals surface area (Å²) in [7, 11) is 0. The highest BCUT2D eigenvalue weighted by molar-refractivity contribution is 9.10. The zero-order chi connectivity index (χ0) is 10.1. The van der Waals surface area contributed by atoms with E-state index in [0.29, 0.717) is 0 Å². The lowest BCUT2D eigenvalue weighted by Crippen LogP contribution is -2.07. The van der Waals surface area contributed by atoms with Crippen molar-refractivity contribution in [1.82, 2.24) is 4.98 Å². The third kappa shape index (κ3) is 2.18. The number of aromatic nitrogens is 1. The molecule has 0 aromatic carbocycles. The average molecular weight is 251 g/mol. The van der Waals surface area contributed by atoms with E-state index in [1.54, 1.807) is 6.07 Å². The molecule has 0 saturated heterocycles. The Hall–Kier alpha value is -1.09. The molecular weight excluding hydrogens is 249 g/mol. The van der Waals surface area contributed by atoms with E-state index < -0.39 is 11.9 Å². The van der Waals surface area contributed by atoms with Gasteiger partial charge in [0.2, 0.25) is 0 Å². The summed E-state index contributed by atoms with van der Waals surface area (Å²) < 4.78 is 36.2. The molecule has 0 amide bonds. The number of halogens is 4. The molecule has 0 bridgehead atoms. The third-order valence-electron chi connectivity index (χ3n) is 1.26. The first kappa shape index (κ1) is 9.99. The molecule has 13 heavy (non-hydrogen) atoms. The van der Waals surface area contributed by atoms with Crippen LogP contribution in [0.25, 0.3) is 0 Å². The Bertz CT molecular complexity index is 367. The van der Waals surface area contributed by atoms with Crippen molar-refractivity contribution in [2.75, 3.05) is 0 Å². The number of nitriles is 1. The van der Waals surface area contributed by atoms with Crippen molar-refractivity contribution >= 4 is 15.9 Å². The van der Waals surface area contributed by atoms with E-state index in [-0.39, 0.29) is 10.0 Å². The molecule has 0 atom stereocenters. The van der Waals surface area contributed by atoms with Gasteiger partial charge in [0.1, 0.15) is 11.8 Å². The highest BCUT2D eigenvalue weighted by atomic mass is 79.9. The third-order valence-corrected chi connectivity index (χ3v) is 1.92. The molecule has 0 N–H and O–H groups in total. The Labute approximate surface area is 80.1 Å². The van der Waals surface area contributed by atoms with E-state index in [2.05, 4.69) is 20.9 Å². The quantitative estimate of drug-likeness (QED) is 0.710. The van der Waals surface area contributed by atoms with Crippen molar-refractivity contribution < 1.29 is 13.2 Å². The number of hydrogen-bond acceptors (Lipinski definition) is 2. The second-order valence-corrected chi connectivity index (χ2v) is 3.01. The van der Waals surface area contributed by atoms with Crippen molar-refractivity contribution in [3.8, 4) is 6.07 Å². The van der Waals surface area contributed by atoms with Crippen LogP contribution in [0.4, 0.5) is 13.2 Å². The molecular formula is C7H2BrF3N2. The van der Waals surface area contributed by atoms with E-state index >= 15 is 0 Å². The lowest BCUT2D eigenvalue weighted by atomic mass is 10.2. The molecule has 0 saturated carbocycles. The molecule has 0 aliphatic carbocycles. The van der Waals surface area contributed by atoms with Crippen LogP contribution in [0.3, 0.4) is 0 Å². The van der Waals surface area contributed by atoms with Crippen LogP contribution in [0, 0.1) is 11.3 Å². The average Bonchev–Trinajstić information content (AvgIpc) is 2.02. The van der Waals surface area contributed by atoms with Gasteiger partial charge in [-0.3, -0.25) is 4.98 Å². The number of alkyl halides is 3. The zero-order valence-corrected chi connectivity index (χ0v) is 7.65. The largest absolute Gasteiger partial charge is 0.433 e. The molecule has 6 heteroatoms. The summed E-state index contributed by atoms with van der Waals surface area (Å²) in [5.41, 5.74) is -0.939. The van der Waals surface area contributed by atoms with E-state index in [1.165, 1.54) is 0 Å². The highest BCUT2D eigenvalue weighted by Gasteiger charge is 2.32. The molecule has 0 unspecified atom stereocenters. The van der Waals surface area contributed by atoms with Crippen LogP contribution < -0.4 is 0 Å². The van der Waals surface area contributed by atoms with E-state index in [4.69, 9.17) is 5.26 Å². The number of hydrogen-bond donors (Lipinski definition) is 0. The Morgan fingerprint density at radius 3 is 2.46 bits per heavy atom. The number of pyridine rings is 1. The minimum atomic E-state index is -4.48. The summed E-state index contributed by atoms with van der Waals surface area (Å²) in [5.74, 6) is 0. The van der Waals surface area contributed by atoms with Crippen LogP contribution in [0.5, 0.6) is 0 Å². The van der Waals surface area contributed by atoms with Crippen LogP contribution in [0.2, 0.25) is 0 Å². The van der Waals surface area contributed by atoms with Gasteiger partial charge in [-0.2, -0.15) is 18.4 Å². The van der Waals surface area contributed by atoms with Crippen LogP contribution >= 0.6 is 15.9 Å². The molecule has 1 heterocycles. The maximum atomic E-state index is 12.0.